The van der Waals surface area contributed by atoms with Crippen molar-refractivity contribution in [3.05, 3.63) is 56.6 Å². The number of aromatic nitrogens is 3. The molecule has 0 radical (unpaired) electrons. The number of anilines is 1. The molecule has 1 aliphatic rings. The van der Waals surface area contributed by atoms with E-state index in [9.17, 15) is 27.6 Å². The summed E-state index contributed by atoms with van der Waals surface area (Å²) in [5.74, 6) is -1.32. The highest BCUT2D eigenvalue weighted by Crippen LogP contribution is 2.33. The molecule has 3 aromatic rings. The van der Waals surface area contributed by atoms with E-state index < -0.39 is 23.7 Å². The van der Waals surface area contributed by atoms with Gasteiger partial charge < -0.3 is 19.7 Å². The van der Waals surface area contributed by atoms with E-state index in [0.29, 0.717) is 31.7 Å². The van der Waals surface area contributed by atoms with Gasteiger partial charge in [0.25, 0.3) is 5.91 Å². The van der Waals surface area contributed by atoms with Crippen molar-refractivity contribution >= 4 is 46.5 Å². The number of nitrogens with zero attached hydrogens (tertiary/aromatic N) is 4. The van der Waals surface area contributed by atoms with Crippen molar-refractivity contribution in [1.82, 2.24) is 19.7 Å². The third-order valence-corrected chi connectivity index (χ3v) is 7.51. The van der Waals surface area contributed by atoms with Crippen LogP contribution in [0.5, 0.6) is 5.75 Å². The summed E-state index contributed by atoms with van der Waals surface area (Å²) in [7, 11) is 1.33. The van der Waals surface area contributed by atoms with Gasteiger partial charge in [0, 0.05) is 37.2 Å². The topological polar surface area (TPSA) is 116 Å². The Morgan fingerprint density at radius 1 is 1.23 bits per heavy atom. The molecular formula is C25H25ClF3N5O5S. The average Bonchev–Trinajstić information content (AvgIpc) is 3.52. The number of thiazole rings is 1. The monoisotopic (exact) mass is 599 g/mol. The van der Waals surface area contributed by atoms with E-state index in [1.54, 1.807) is 16.3 Å². The number of aryl methyl sites for hydroxylation is 1. The molecular weight excluding hydrogens is 575 g/mol. The molecule has 214 valence electrons. The van der Waals surface area contributed by atoms with E-state index in [2.05, 4.69) is 15.4 Å². The zero-order valence-electron chi connectivity index (χ0n) is 21.5. The Bertz CT molecular complexity index is 1400. The number of ether oxygens (including phenoxy) is 2. The standard InChI is InChI=1S/C25H25ClF3N5O5S/c1-14-10-18(25(27,28)29)32-34(14)11-20(35)33-8-6-15(7-9-33)24-31-19(13-40-24)30-23(37)16-4-3-5-17(26)22(16)39-21(36)12-38-2/h3-5,10,13,15H,6-9,11-12H2,1-2H3,(H,30,37). The van der Waals surface area contributed by atoms with Gasteiger partial charge in [0.2, 0.25) is 5.91 Å². The summed E-state index contributed by atoms with van der Waals surface area (Å²) in [6, 6.07) is 5.42. The van der Waals surface area contributed by atoms with Crippen molar-refractivity contribution < 1.29 is 37.0 Å². The molecule has 0 aliphatic carbocycles. The number of amides is 2. The Kier molecular flexibility index (Phi) is 9.11. The van der Waals surface area contributed by atoms with Gasteiger partial charge in [0.1, 0.15) is 19.0 Å². The minimum Gasteiger partial charge on any atom is -0.422 e. The summed E-state index contributed by atoms with van der Waals surface area (Å²) in [6.07, 6.45) is -3.37. The Labute approximate surface area is 236 Å². The van der Waals surface area contributed by atoms with Crippen LogP contribution in [0.15, 0.2) is 29.6 Å². The van der Waals surface area contributed by atoms with Crippen LogP contribution in [0, 0.1) is 6.92 Å². The van der Waals surface area contributed by atoms with Gasteiger partial charge in [-0.2, -0.15) is 18.3 Å². The molecule has 0 bridgehead atoms. The molecule has 2 aromatic heterocycles. The molecule has 4 rings (SSSR count). The van der Waals surface area contributed by atoms with E-state index in [1.807, 2.05) is 0 Å². The molecule has 0 atom stereocenters. The van der Waals surface area contributed by atoms with Gasteiger partial charge in [0.05, 0.1) is 15.6 Å². The smallest absolute Gasteiger partial charge is 0.422 e. The molecule has 15 heteroatoms. The average molecular weight is 600 g/mol. The van der Waals surface area contributed by atoms with Crippen LogP contribution in [0.1, 0.15) is 45.5 Å². The molecule has 1 aliphatic heterocycles. The highest BCUT2D eigenvalue weighted by atomic mass is 35.5. The van der Waals surface area contributed by atoms with Crippen LogP contribution in [0.3, 0.4) is 0 Å². The lowest BCUT2D eigenvalue weighted by Gasteiger charge is -2.31. The van der Waals surface area contributed by atoms with Crippen LogP contribution in [0.4, 0.5) is 19.0 Å². The molecule has 40 heavy (non-hydrogen) atoms. The number of hydrogen-bond donors (Lipinski definition) is 1. The number of esters is 1. The second-order valence-electron chi connectivity index (χ2n) is 9.03. The highest BCUT2D eigenvalue weighted by Gasteiger charge is 2.35. The molecule has 1 fully saturated rings. The van der Waals surface area contributed by atoms with E-state index in [4.69, 9.17) is 21.1 Å². The zero-order chi connectivity index (χ0) is 29.0. The lowest BCUT2D eigenvalue weighted by molar-refractivity contribution is -0.142. The molecule has 10 nitrogen and oxygen atoms in total. The third kappa shape index (κ3) is 6.98. The largest absolute Gasteiger partial charge is 0.435 e. The van der Waals surface area contributed by atoms with Gasteiger partial charge in [0.15, 0.2) is 11.4 Å². The zero-order valence-corrected chi connectivity index (χ0v) is 23.0. The minimum atomic E-state index is -4.57. The number of likely N-dealkylation sites (tertiary alicyclic amines) is 1. The van der Waals surface area contributed by atoms with Gasteiger partial charge in [-0.1, -0.05) is 17.7 Å². The van der Waals surface area contributed by atoms with Crippen molar-refractivity contribution in [2.45, 2.75) is 38.4 Å². The van der Waals surface area contributed by atoms with Crippen molar-refractivity contribution in [2.24, 2.45) is 0 Å². The summed E-state index contributed by atoms with van der Waals surface area (Å²) >= 11 is 7.50. The van der Waals surface area contributed by atoms with Gasteiger partial charge in [-0.15, -0.1) is 11.3 Å². The first kappa shape index (κ1) is 29.5. The van der Waals surface area contributed by atoms with E-state index >= 15 is 0 Å². The number of methoxy groups -OCH3 is 1. The predicted octanol–water partition coefficient (Wildman–Crippen LogP) is 4.53. The second kappa shape index (κ2) is 12.4. The summed E-state index contributed by atoms with van der Waals surface area (Å²) < 4.78 is 49.8. The maximum absolute atomic E-state index is 12.9. The summed E-state index contributed by atoms with van der Waals surface area (Å²) in [5.41, 5.74) is -0.721. The van der Waals surface area contributed by atoms with E-state index in [1.165, 1.54) is 37.5 Å². The Balaban J connectivity index is 1.34. The summed E-state index contributed by atoms with van der Waals surface area (Å²) in [5, 5.41) is 8.76. The lowest BCUT2D eigenvalue weighted by Crippen LogP contribution is -2.40. The number of hydrogen-bond acceptors (Lipinski definition) is 8. The van der Waals surface area contributed by atoms with Crippen LogP contribution in [-0.2, 0) is 27.0 Å². The van der Waals surface area contributed by atoms with Gasteiger partial charge >= 0.3 is 12.1 Å². The number of nitrogens with one attached hydrogen (secondary N) is 1. The van der Waals surface area contributed by atoms with Crippen LogP contribution in [0.25, 0.3) is 0 Å². The fourth-order valence-electron chi connectivity index (χ4n) is 4.18. The van der Waals surface area contributed by atoms with Crippen molar-refractivity contribution in [2.75, 3.05) is 32.1 Å². The molecule has 1 aromatic carbocycles. The van der Waals surface area contributed by atoms with Crippen LogP contribution in [-0.4, -0.2) is 64.3 Å². The van der Waals surface area contributed by atoms with Gasteiger partial charge in [-0.25, -0.2) is 9.78 Å². The molecule has 1 saturated heterocycles. The summed E-state index contributed by atoms with van der Waals surface area (Å²) in [6.45, 7) is 1.72. The van der Waals surface area contributed by atoms with Crippen molar-refractivity contribution in [3.63, 3.8) is 0 Å². The lowest BCUT2D eigenvalue weighted by atomic mass is 9.97. The molecule has 0 spiro atoms. The maximum Gasteiger partial charge on any atom is 0.435 e. The van der Waals surface area contributed by atoms with Crippen molar-refractivity contribution in [3.8, 4) is 5.75 Å². The van der Waals surface area contributed by atoms with Crippen molar-refractivity contribution in [1.29, 1.82) is 0 Å². The normalized spacial score (nSPS) is 14.3. The number of benzene rings is 1. The number of rotatable bonds is 8. The quantitative estimate of drug-likeness (QED) is 0.299. The van der Waals surface area contributed by atoms with E-state index in [-0.39, 0.29) is 47.0 Å². The SMILES string of the molecule is COCC(=O)Oc1c(Cl)cccc1C(=O)Nc1csc(C2CCN(C(=O)Cn3nc(C(F)(F)F)cc3C)CC2)n1. The van der Waals surface area contributed by atoms with Gasteiger partial charge in [-0.05, 0) is 38.0 Å². The Morgan fingerprint density at radius 2 is 1.95 bits per heavy atom. The second-order valence-corrected chi connectivity index (χ2v) is 10.3. The highest BCUT2D eigenvalue weighted by molar-refractivity contribution is 7.10. The van der Waals surface area contributed by atoms with E-state index in [0.717, 1.165) is 15.8 Å². The molecule has 0 saturated carbocycles. The van der Waals surface area contributed by atoms with Crippen LogP contribution >= 0.6 is 22.9 Å². The van der Waals surface area contributed by atoms with Crippen LogP contribution in [0.2, 0.25) is 5.02 Å². The number of piperidine rings is 1. The Morgan fingerprint density at radius 3 is 2.60 bits per heavy atom. The minimum absolute atomic E-state index is 0.0414. The number of alkyl halides is 3. The number of para-hydroxylation sites is 1. The number of halogens is 4. The maximum atomic E-state index is 12.9. The molecule has 2 amide bonds. The molecule has 3 heterocycles. The predicted molar refractivity (Wildman–Crippen MR) is 140 cm³/mol. The van der Waals surface area contributed by atoms with Gasteiger partial charge in [-0.3, -0.25) is 14.3 Å². The fourth-order valence-corrected chi connectivity index (χ4v) is 5.32. The molecule has 0 unspecified atom stereocenters. The fraction of sp³-hybridized carbons (Fsp3) is 0.400. The third-order valence-electron chi connectivity index (χ3n) is 6.21. The number of carbonyl (C=O) groups is 3. The Hall–Kier alpha value is -3.49. The first-order valence-corrected chi connectivity index (χ1v) is 13.4. The summed E-state index contributed by atoms with van der Waals surface area (Å²) in [4.78, 5) is 43.6. The van der Waals surface area contributed by atoms with Crippen LogP contribution < -0.4 is 10.1 Å². The number of carbonyl (C=O) groups excluding carboxylic acids is 3. The molecule has 1 N–H and O–H groups in total. The first-order valence-electron chi connectivity index (χ1n) is 12.1. The first-order chi connectivity index (χ1) is 19.0.